The van der Waals surface area contributed by atoms with Crippen LogP contribution in [0.1, 0.15) is 37.2 Å². The summed E-state index contributed by atoms with van der Waals surface area (Å²) < 4.78 is 0. The quantitative estimate of drug-likeness (QED) is 0.427. The fraction of sp³-hybridized carbons (Fsp3) is 0.652. The van der Waals surface area contributed by atoms with E-state index in [0.29, 0.717) is 22.6 Å². The molecule has 0 aliphatic carbocycles. The summed E-state index contributed by atoms with van der Waals surface area (Å²) in [6.45, 7) is 5.30. The summed E-state index contributed by atoms with van der Waals surface area (Å²) in [6.07, 6.45) is 3.97. The van der Waals surface area contributed by atoms with Gasteiger partial charge in [-0.15, -0.1) is 0 Å². The second kappa shape index (κ2) is 12.1. The van der Waals surface area contributed by atoms with Crippen molar-refractivity contribution in [1.82, 2.24) is 20.0 Å². The van der Waals surface area contributed by atoms with E-state index in [9.17, 15) is 4.79 Å². The molecule has 0 unspecified atom stereocenters. The second-order valence-electron chi connectivity index (χ2n) is 8.87. The Morgan fingerprint density at radius 3 is 2.62 bits per heavy atom. The van der Waals surface area contributed by atoms with Gasteiger partial charge in [0.05, 0.1) is 15.8 Å². The molecular formula is C23H35Cl2N5O2. The molecule has 1 aromatic rings. The molecule has 2 aliphatic rings. The van der Waals surface area contributed by atoms with Crippen molar-refractivity contribution >= 4 is 34.9 Å². The van der Waals surface area contributed by atoms with Gasteiger partial charge in [-0.25, -0.2) is 4.79 Å². The van der Waals surface area contributed by atoms with E-state index in [1.165, 1.54) is 0 Å². The largest absolute Gasteiger partial charge is 0.399 e. The highest BCUT2D eigenvalue weighted by Gasteiger charge is 2.30. The van der Waals surface area contributed by atoms with Crippen LogP contribution in [0.25, 0.3) is 0 Å². The molecule has 2 heterocycles. The van der Waals surface area contributed by atoms with Crippen molar-refractivity contribution in [3.8, 4) is 0 Å². The summed E-state index contributed by atoms with van der Waals surface area (Å²) in [5.41, 5.74) is 2.06. The number of carbonyl (C=O) groups is 1. The molecule has 0 saturated carbocycles. The number of urea groups is 1. The topological polar surface area (TPSA) is 60.4 Å². The van der Waals surface area contributed by atoms with Crippen LogP contribution >= 0.6 is 23.2 Å². The summed E-state index contributed by atoms with van der Waals surface area (Å²) in [5.74, 6) is 0.0812. The Hall–Kier alpha value is -1.54. The molecule has 7 nitrogen and oxygen atoms in total. The zero-order valence-corrected chi connectivity index (χ0v) is 20.8. The van der Waals surface area contributed by atoms with E-state index in [1.807, 2.05) is 37.2 Å². The Balaban J connectivity index is 1.65. The van der Waals surface area contributed by atoms with E-state index in [-0.39, 0.29) is 11.9 Å². The molecule has 2 aliphatic heterocycles. The molecule has 1 atom stereocenters. The maximum absolute atomic E-state index is 12.2. The van der Waals surface area contributed by atoms with Gasteiger partial charge < -0.3 is 24.9 Å². The first-order valence-corrected chi connectivity index (χ1v) is 12.1. The summed E-state index contributed by atoms with van der Waals surface area (Å²) in [5, 5.41) is 8.44. The van der Waals surface area contributed by atoms with Crippen molar-refractivity contribution < 1.29 is 9.63 Å². The van der Waals surface area contributed by atoms with Crippen molar-refractivity contribution in [3.05, 3.63) is 33.8 Å². The number of benzene rings is 1. The smallest absolute Gasteiger partial charge is 0.317 e. The number of likely N-dealkylation sites (tertiary alicyclic amines) is 1. The lowest BCUT2D eigenvalue weighted by Crippen LogP contribution is -2.54. The molecule has 1 N–H and O–H groups in total. The number of piperidine rings is 1. The summed E-state index contributed by atoms with van der Waals surface area (Å²) >= 11 is 12.5. The molecule has 3 rings (SSSR count). The second-order valence-corrected chi connectivity index (χ2v) is 9.68. The van der Waals surface area contributed by atoms with Crippen LogP contribution in [0.2, 0.25) is 10.0 Å². The van der Waals surface area contributed by atoms with Gasteiger partial charge in [-0.3, -0.25) is 0 Å². The minimum absolute atomic E-state index is 0.0812. The number of hydrogen-bond acceptors (Lipinski definition) is 5. The van der Waals surface area contributed by atoms with E-state index in [1.54, 1.807) is 7.11 Å². The number of amides is 2. The van der Waals surface area contributed by atoms with Gasteiger partial charge in [-0.1, -0.05) is 34.4 Å². The number of halogens is 2. The lowest BCUT2D eigenvalue weighted by atomic mass is 9.90. The average molecular weight is 484 g/mol. The molecule has 0 bridgehead atoms. The lowest BCUT2D eigenvalue weighted by molar-refractivity contribution is 0.111. The average Bonchev–Trinajstić information content (AvgIpc) is 2.77. The fourth-order valence-corrected chi connectivity index (χ4v) is 4.97. The molecule has 178 valence electrons. The SMILES string of the molecule is CO/N=C(/CN(C)C)[C@H](CCN1CCC(N2CCCNC2=O)CC1)c1ccc(Cl)c(Cl)c1. The van der Waals surface area contributed by atoms with Crippen LogP contribution < -0.4 is 5.32 Å². The van der Waals surface area contributed by atoms with Crippen LogP contribution in [-0.4, -0.2) is 93.0 Å². The van der Waals surface area contributed by atoms with Crippen molar-refractivity contribution in [2.45, 2.75) is 37.6 Å². The first-order valence-electron chi connectivity index (χ1n) is 11.4. The van der Waals surface area contributed by atoms with Gasteiger partial charge in [0.1, 0.15) is 7.11 Å². The van der Waals surface area contributed by atoms with Crippen LogP contribution in [0.5, 0.6) is 0 Å². The van der Waals surface area contributed by atoms with Gasteiger partial charge in [0.25, 0.3) is 0 Å². The molecule has 0 aromatic heterocycles. The van der Waals surface area contributed by atoms with E-state index in [2.05, 4.69) is 20.3 Å². The van der Waals surface area contributed by atoms with Gasteiger partial charge in [-0.2, -0.15) is 0 Å². The van der Waals surface area contributed by atoms with Gasteiger partial charge >= 0.3 is 6.03 Å². The van der Waals surface area contributed by atoms with E-state index in [0.717, 1.165) is 69.7 Å². The predicted molar refractivity (Wildman–Crippen MR) is 131 cm³/mol. The van der Waals surface area contributed by atoms with Crippen LogP contribution in [-0.2, 0) is 4.84 Å². The van der Waals surface area contributed by atoms with Crippen molar-refractivity contribution in [3.63, 3.8) is 0 Å². The Labute approximate surface area is 201 Å². The minimum atomic E-state index is 0.0812. The molecule has 1 aromatic carbocycles. The summed E-state index contributed by atoms with van der Waals surface area (Å²) in [7, 11) is 5.64. The predicted octanol–water partition coefficient (Wildman–Crippen LogP) is 3.91. The number of rotatable bonds is 9. The Morgan fingerprint density at radius 2 is 2.00 bits per heavy atom. The Kier molecular flexibility index (Phi) is 9.46. The highest BCUT2D eigenvalue weighted by Crippen LogP contribution is 2.30. The van der Waals surface area contributed by atoms with Crippen LogP contribution in [0.4, 0.5) is 4.79 Å². The van der Waals surface area contributed by atoms with E-state index >= 15 is 0 Å². The van der Waals surface area contributed by atoms with Gasteiger partial charge in [-0.05, 0) is 64.0 Å². The van der Waals surface area contributed by atoms with E-state index < -0.39 is 0 Å². The zero-order chi connectivity index (χ0) is 23.1. The lowest BCUT2D eigenvalue weighted by Gasteiger charge is -2.40. The third kappa shape index (κ3) is 6.73. The molecular weight excluding hydrogens is 449 g/mol. The molecule has 2 amide bonds. The molecule has 9 heteroatoms. The fourth-order valence-electron chi connectivity index (χ4n) is 4.66. The number of nitrogens with one attached hydrogen (secondary N) is 1. The third-order valence-corrected chi connectivity index (χ3v) is 7.02. The molecule has 2 fully saturated rings. The Morgan fingerprint density at radius 1 is 1.25 bits per heavy atom. The first kappa shape index (κ1) is 25.1. The van der Waals surface area contributed by atoms with E-state index in [4.69, 9.17) is 28.0 Å². The van der Waals surface area contributed by atoms with Gasteiger partial charge in [0.15, 0.2) is 0 Å². The normalized spacial score (nSPS) is 19.9. The highest BCUT2D eigenvalue weighted by atomic mass is 35.5. The standard InChI is InChI=1S/C23H35Cl2N5O2/c1-28(2)16-22(27-32-3)19(17-5-6-20(24)21(25)15-17)9-14-29-12-7-18(8-13-29)30-11-4-10-26-23(30)31/h5-6,15,18-19H,4,7-14,16H2,1-3H3,(H,26,31)/b27-22-/t19-/m1/s1. The number of oxime groups is 1. The molecule has 2 saturated heterocycles. The Bertz CT molecular complexity index is 797. The molecule has 0 radical (unpaired) electrons. The maximum atomic E-state index is 12.2. The van der Waals surface area contributed by atoms with Crippen molar-refractivity contribution in [2.75, 3.05) is 60.5 Å². The van der Waals surface area contributed by atoms with Crippen molar-refractivity contribution in [2.24, 2.45) is 5.16 Å². The number of hydrogen-bond donors (Lipinski definition) is 1. The molecule has 0 spiro atoms. The van der Waals surface area contributed by atoms with Crippen LogP contribution in [0.15, 0.2) is 23.4 Å². The maximum Gasteiger partial charge on any atom is 0.317 e. The minimum Gasteiger partial charge on any atom is -0.399 e. The monoisotopic (exact) mass is 483 g/mol. The van der Waals surface area contributed by atoms with Crippen molar-refractivity contribution in [1.29, 1.82) is 0 Å². The summed E-state index contributed by atoms with van der Waals surface area (Å²) in [4.78, 5) is 24.0. The highest BCUT2D eigenvalue weighted by molar-refractivity contribution is 6.42. The first-order chi connectivity index (χ1) is 15.4. The summed E-state index contributed by atoms with van der Waals surface area (Å²) in [6, 6.07) is 6.26. The van der Waals surface area contributed by atoms with Crippen LogP contribution in [0, 0.1) is 0 Å². The van der Waals surface area contributed by atoms with Crippen LogP contribution in [0.3, 0.4) is 0 Å². The third-order valence-electron chi connectivity index (χ3n) is 6.28. The van der Waals surface area contributed by atoms with Gasteiger partial charge in [0, 0.05) is 44.7 Å². The molecule has 32 heavy (non-hydrogen) atoms. The number of nitrogens with zero attached hydrogens (tertiary/aromatic N) is 4. The number of carbonyl (C=O) groups excluding carboxylic acids is 1. The van der Waals surface area contributed by atoms with Gasteiger partial charge in [0.2, 0.25) is 0 Å². The zero-order valence-electron chi connectivity index (χ0n) is 19.3.